The largest absolute Gasteiger partial charge is 0.396 e. The standard InChI is InChI=1S/C12H19NO/c1-10(2)13-12-8-4-3-6-11(12)7-5-9-14/h3-4,6,8,10,13-14H,5,7,9H2,1-2H3. The quantitative estimate of drug-likeness (QED) is 0.752. The third-order valence-corrected chi connectivity index (χ3v) is 2.07. The maximum absolute atomic E-state index is 8.78. The van der Waals surface area contributed by atoms with Gasteiger partial charge in [0.25, 0.3) is 0 Å². The molecule has 0 saturated carbocycles. The highest BCUT2D eigenvalue weighted by Crippen LogP contribution is 2.17. The molecule has 0 aromatic heterocycles. The van der Waals surface area contributed by atoms with Crippen LogP contribution >= 0.6 is 0 Å². The average molecular weight is 193 g/mol. The average Bonchev–Trinajstić information content (AvgIpc) is 2.16. The van der Waals surface area contributed by atoms with Crippen molar-refractivity contribution in [3.8, 4) is 0 Å². The molecule has 0 atom stereocenters. The second-order valence-electron chi connectivity index (χ2n) is 3.78. The molecule has 0 aliphatic rings. The fourth-order valence-corrected chi connectivity index (χ4v) is 1.46. The molecule has 0 radical (unpaired) electrons. The van der Waals surface area contributed by atoms with Crippen molar-refractivity contribution < 1.29 is 5.11 Å². The van der Waals surface area contributed by atoms with Crippen LogP contribution in [0.2, 0.25) is 0 Å². The Morgan fingerprint density at radius 2 is 2.00 bits per heavy atom. The minimum absolute atomic E-state index is 0.260. The number of nitrogens with one attached hydrogen (secondary N) is 1. The van der Waals surface area contributed by atoms with Gasteiger partial charge in [-0.1, -0.05) is 18.2 Å². The van der Waals surface area contributed by atoms with Gasteiger partial charge in [0.1, 0.15) is 0 Å². The van der Waals surface area contributed by atoms with Gasteiger partial charge in [0.15, 0.2) is 0 Å². The van der Waals surface area contributed by atoms with Crippen LogP contribution in [-0.2, 0) is 6.42 Å². The van der Waals surface area contributed by atoms with Crippen molar-refractivity contribution in [3.63, 3.8) is 0 Å². The maximum Gasteiger partial charge on any atom is 0.0434 e. The number of aryl methyl sites for hydroxylation is 1. The van der Waals surface area contributed by atoms with E-state index in [9.17, 15) is 0 Å². The van der Waals surface area contributed by atoms with E-state index in [0.29, 0.717) is 6.04 Å². The highest BCUT2D eigenvalue weighted by molar-refractivity contribution is 5.51. The lowest BCUT2D eigenvalue weighted by Gasteiger charge is -2.14. The summed E-state index contributed by atoms with van der Waals surface area (Å²) in [4.78, 5) is 0. The molecule has 2 nitrogen and oxygen atoms in total. The molecule has 2 N–H and O–H groups in total. The van der Waals surface area contributed by atoms with Crippen molar-refractivity contribution in [1.29, 1.82) is 0 Å². The number of para-hydroxylation sites is 1. The molecule has 0 aliphatic carbocycles. The zero-order chi connectivity index (χ0) is 10.4. The van der Waals surface area contributed by atoms with Gasteiger partial charge in [-0.3, -0.25) is 0 Å². The zero-order valence-corrected chi connectivity index (χ0v) is 8.96. The van der Waals surface area contributed by atoms with Gasteiger partial charge in [0, 0.05) is 18.3 Å². The maximum atomic E-state index is 8.78. The van der Waals surface area contributed by atoms with Gasteiger partial charge < -0.3 is 10.4 Å². The fraction of sp³-hybridized carbons (Fsp3) is 0.500. The molecule has 2 heteroatoms. The van der Waals surface area contributed by atoms with Gasteiger partial charge in [-0.25, -0.2) is 0 Å². The Kier molecular flexibility index (Phi) is 4.47. The summed E-state index contributed by atoms with van der Waals surface area (Å²) in [5.74, 6) is 0. The summed E-state index contributed by atoms with van der Waals surface area (Å²) in [5, 5.41) is 12.2. The van der Waals surface area contributed by atoms with Crippen LogP contribution in [0.25, 0.3) is 0 Å². The first-order chi connectivity index (χ1) is 6.74. The summed E-state index contributed by atoms with van der Waals surface area (Å²) >= 11 is 0. The topological polar surface area (TPSA) is 32.3 Å². The van der Waals surface area contributed by atoms with Gasteiger partial charge in [-0.15, -0.1) is 0 Å². The molecule has 14 heavy (non-hydrogen) atoms. The molecule has 0 amide bonds. The van der Waals surface area contributed by atoms with E-state index in [1.54, 1.807) is 0 Å². The first-order valence-corrected chi connectivity index (χ1v) is 5.19. The first-order valence-electron chi connectivity index (χ1n) is 5.19. The van der Waals surface area contributed by atoms with Crippen LogP contribution in [-0.4, -0.2) is 17.8 Å². The molecule has 0 unspecified atom stereocenters. The summed E-state index contributed by atoms with van der Waals surface area (Å²) in [5.41, 5.74) is 2.48. The Morgan fingerprint density at radius 3 is 2.64 bits per heavy atom. The molecule has 1 aromatic carbocycles. The summed E-state index contributed by atoms with van der Waals surface area (Å²) < 4.78 is 0. The molecule has 0 fully saturated rings. The number of hydrogen-bond donors (Lipinski definition) is 2. The number of hydrogen-bond acceptors (Lipinski definition) is 2. The number of anilines is 1. The van der Waals surface area contributed by atoms with Gasteiger partial charge in [-0.05, 0) is 38.3 Å². The molecule has 0 aliphatic heterocycles. The molecule has 0 bridgehead atoms. The van der Waals surface area contributed by atoms with Crippen LogP contribution in [0.1, 0.15) is 25.8 Å². The van der Waals surface area contributed by atoms with E-state index in [0.717, 1.165) is 12.8 Å². The van der Waals surface area contributed by atoms with Crippen LogP contribution in [0.3, 0.4) is 0 Å². The van der Waals surface area contributed by atoms with Crippen molar-refractivity contribution in [2.75, 3.05) is 11.9 Å². The van der Waals surface area contributed by atoms with Crippen molar-refractivity contribution in [3.05, 3.63) is 29.8 Å². The second kappa shape index (κ2) is 5.66. The van der Waals surface area contributed by atoms with E-state index >= 15 is 0 Å². The van der Waals surface area contributed by atoms with Gasteiger partial charge in [0.2, 0.25) is 0 Å². The molecule has 1 rings (SSSR count). The normalized spacial score (nSPS) is 10.6. The lowest BCUT2D eigenvalue weighted by atomic mass is 10.1. The van der Waals surface area contributed by atoms with Gasteiger partial charge in [0.05, 0.1) is 0 Å². The predicted octanol–water partition coefficient (Wildman–Crippen LogP) is 2.43. The summed E-state index contributed by atoms with van der Waals surface area (Å²) in [6.45, 7) is 4.52. The lowest BCUT2D eigenvalue weighted by Crippen LogP contribution is -2.11. The second-order valence-corrected chi connectivity index (χ2v) is 3.78. The van der Waals surface area contributed by atoms with E-state index in [2.05, 4.69) is 31.3 Å². The highest BCUT2D eigenvalue weighted by atomic mass is 16.2. The van der Waals surface area contributed by atoms with E-state index in [1.807, 2.05) is 12.1 Å². The minimum Gasteiger partial charge on any atom is -0.396 e. The Morgan fingerprint density at radius 1 is 1.29 bits per heavy atom. The number of rotatable bonds is 5. The molecule has 0 spiro atoms. The van der Waals surface area contributed by atoms with Crippen LogP contribution < -0.4 is 5.32 Å². The summed E-state index contributed by atoms with van der Waals surface area (Å²) in [6.07, 6.45) is 1.77. The fourth-order valence-electron chi connectivity index (χ4n) is 1.46. The zero-order valence-electron chi connectivity index (χ0n) is 8.96. The molecular formula is C12H19NO. The Hall–Kier alpha value is -1.02. The van der Waals surface area contributed by atoms with Crippen LogP contribution in [0, 0.1) is 0 Å². The minimum atomic E-state index is 0.260. The molecule has 0 heterocycles. The Labute approximate surface area is 86.0 Å². The van der Waals surface area contributed by atoms with Crippen molar-refractivity contribution in [2.24, 2.45) is 0 Å². The van der Waals surface area contributed by atoms with E-state index in [1.165, 1.54) is 11.3 Å². The van der Waals surface area contributed by atoms with Crippen molar-refractivity contribution in [1.82, 2.24) is 0 Å². The lowest BCUT2D eigenvalue weighted by molar-refractivity contribution is 0.288. The van der Waals surface area contributed by atoms with E-state index in [-0.39, 0.29) is 6.61 Å². The Balaban J connectivity index is 2.69. The molecule has 0 saturated heterocycles. The number of aliphatic hydroxyl groups excluding tert-OH is 1. The third kappa shape index (κ3) is 3.38. The molecular weight excluding hydrogens is 174 g/mol. The van der Waals surface area contributed by atoms with Gasteiger partial charge >= 0.3 is 0 Å². The first kappa shape index (κ1) is 11.1. The smallest absolute Gasteiger partial charge is 0.0434 e. The van der Waals surface area contributed by atoms with Crippen LogP contribution in [0.4, 0.5) is 5.69 Å². The highest BCUT2D eigenvalue weighted by Gasteiger charge is 2.01. The number of aliphatic hydroxyl groups is 1. The third-order valence-electron chi connectivity index (χ3n) is 2.07. The molecule has 1 aromatic rings. The predicted molar refractivity (Wildman–Crippen MR) is 60.6 cm³/mol. The van der Waals surface area contributed by atoms with E-state index in [4.69, 9.17) is 5.11 Å². The van der Waals surface area contributed by atoms with Crippen molar-refractivity contribution >= 4 is 5.69 Å². The van der Waals surface area contributed by atoms with Gasteiger partial charge in [-0.2, -0.15) is 0 Å². The SMILES string of the molecule is CC(C)Nc1ccccc1CCCO. The Bertz CT molecular complexity index is 271. The summed E-state index contributed by atoms with van der Waals surface area (Å²) in [7, 11) is 0. The summed E-state index contributed by atoms with van der Waals surface area (Å²) in [6, 6.07) is 8.73. The van der Waals surface area contributed by atoms with E-state index < -0.39 is 0 Å². The number of benzene rings is 1. The van der Waals surface area contributed by atoms with Crippen molar-refractivity contribution in [2.45, 2.75) is 32.7 Å². The monoisotopic (exact) mass is 193 g/mol. The molecule has 78 valence electrons. The van der Waals surface area contributed by atoms with Crippen LogP contribution in [0.5, 0.6) is 0 Å². The van der Waals surface area contributed by atoms with Crippen LogP contribution in [0.15, 0.2) is 24.3 Å².